The van der Waals surface area contributed by atoms with Crippen LogP contribution in [0.5, 0.6) is 5.75 Å². The highest BCUT2D eigenvalue weighted by Gasteiger charge is 2.25. The van der Waals surface area contributed by atoms with E-state index in [0.29, 0.717) is 35.5 Å². The molecule has 3 aromatic rings. The Hall–Kier alpha value is -2.57. The fraction of sp³-hybridized carbons (Fsp3) is 0.333. The molecule has 1 aromatic heterocycles. The molecule has 1 fully saturated rings. The molecule has 7 heteroatoms. The van der Waals surface area contributed by atoms with Crippen LogP contribution in [0.15, 0.2) is 48.7 Å². The van der Waals surface area contributed by atoms with Crippen LogP contribution in [-0.4, -0.2) is 47.3 Å². The van der Waals surface area contributed by atoms with E-state index >= 15 is 0 Å². The average Bonchev–Trinajstić information content (AvgIpc) is 3.33. The van der Waals surface area contributed by atoms with Gasteiger partial charge < -0.3 is 15.0 Å². The van der Waals surface area contributed by atoms with E-state index in [1.54, 1.807) is 25.3 Å². The Morgan fingerprint density at radius 3 is 3.04 bits per heavy atom. The number of para-hydroxylation sites is 1. The number of fused-ring (bicyclic) bond motifs is 1. The summed E-state index contributed by atoms with van der Waals surface area (Å²) < 4.78 is 7.39. The Kier molecular flexibility index (Phi) is 5.50. The van der Waals surface area contributed by atoms with Crippen molar-refractivity contribution >= 4 is 34.1 Å². The minimum absolute atomic E-state index is 0.0476. The third-order valence-corrected chi connectivity index (χ3v) is 5.42. The van der Waals surface area contributed by atoms with Gasteiger partial charge in [-0.2, -0.15) is 5.10 Å². The van der Waals surface area contributed by atoms with Gasteiger partial charge in [0.15, 0.2) is 0 Å². The molecule has 1 amide bonds. The molecule has 0 saturated carbocycles. The molecule has 0 bridgehead atoms. The summed E-state index contributed by atoms with van der Waals surface area (Å²) >= 11 is 6.02. The van der Waals surface area contributed by atoms with Gasteiger partial charge in [0.05, 0.1) is 30.6 Å². The van der Waals surface area contributed by atoms with Gasteiger partial charge in [0.2, 0.25) is 5.91 Å². The van der Waals surface area contributed by atoms with Crippen molar-refractivity contribution in [2.24, 2.45) is 0 Å². The monoisotopic (exact) mass is 398 g/mol. The van der Waals surface area contributed by atoms with Crippen molar-refractivity contribution in [2.75, 3.05) is 32.1 Å². The van der Waals surface area contributed by atoms with E-state index in [2.05, 4.69) is 32.1 Å². The van der Waals surface area contributed by atoms with Crippen LogP contribution in [0.25, 0.3) is 10.9 Å². The molecule has 0 spiro atoms. The molecule has 1 aliphatic rings. The summed E-state index contributed by atoms with van der Waals surface area (Å²) in [7, 11) is 1.57. The maximum atomic E-state index is 12.4. The molecule has 0 aliphatic carbocycles. The zero-order chi connectivity index (χ0) is 19.5. The lowest BCUT2D eigenvalue weighted by Gasteiger charge is -2.17. The number of likely N-dealkylation sites (tertiary alicyclic amines) is 1. The van der Waals surface area contributed by atoms with Crippen LogP contribution in [0.2, 0.25) is 5.02 Å². The number of hydrogen-bond acceptors (Lipinski definition) is 4. The number of carbonyl (C=O) groups is 1. The lowest BCUT2D eigenvalue weighted by atomic mass is 10.2. The fourth-order valence-electron chi connectivity index (χ4n) is 3.75. The highest BCUT2D eigenvalue weighted by atomic mass is 35.5. The molecule has 2 aromatic carbocycles. The molecule has 1 saturated heterocycles. The number of methoxy groups -OCH3 is 1. The molecule has 2 heterocycles. The first-order valence-corrected chi connectivity index (χ1v) is 9.80. The standard InChI is InChI=1S/C21H23ClN4O2/c1-28-20-7-6-16(22)12-18(20)24-21(27)9-11-25-10-8-17(14-25)26-19-5-3-2-4-15(19)13-23-26/h2-7,12-13,17H,8-11,14H2,1H3,(H,24,27)/t17-/m0/s1. The second-order valence-corrected chi connectivity index (χ2v) is 7.47. The van der Waals surface area contributed by atoms with E-state index in [9.17, 15) is 4.79 Å². The largest absolute Gasteiger partial charge is 0.495 e. The number of nitrogens with one attached hydrogen (secondary N) is 1. The highest BCUT2D eigenvalue weighted by molar-refractivity contribution is 6.31. The van der Waals surface area contributed by atoms with E-state index in [-0.39, 0.29) is 5.91 Å². The van der Waals surface area contributed by atoms with Crippen LogP contribution in [0.4, 0.5) is 5.69 Å². The average molecular weight is 399 g/mol. The first-order chi connectivity index (χ1) is 13.6. The van der Waals surface area contributed by atoms with Gasteiger partial charge in [-0.15, -0.1) is 0 Å². The highest BCUT2D eigenvalue weighted by Crippen LogP contribution is 2.28. The van der Waals surface area contributed by atoms with Crippen molar-refractivity contribution in [1.29, 1.82) is 0 Å². The Morgan fingerprint density at radius 2 is 2.18 bits per heavy atom. The minimum atomic E-state index is -0.0476. The lowest BCUT2D eigenvalue weighted by molar-refractivity contribution is -0.116. The number of anilines is 1. The van der Waals surface area contributed by atoms with Gasteiger partial charge in [-0.1, -0.05) is 29.8 Å². The molecule has 0 radical (unpaired) electrons. The number of hydrogen-bond donors (Lipinski definition) is 1. The topological polar surface area (TPSA) is 59.4 Å². The Bertz CT molecular complexity index is 987. The molecule has 4 rings (SSSR count). The van der Waals surface area contributed by atoms with Gasteiger partial charge in [0, 0.05) is 36.5 Å². The van der Waals surface area contributed by atoms with E-state index in [0.717, 1.165) is 24.9 Å². The van der Waals surface area contributed by atoms with Crippen LogP contribution >= 0.6 is 11.6 Å². The molecule has 1 N–H and O–H groups in total. The number of carbonyl (C=O) groups excluding carboxylic acids is 1. The molecular weight excluding hydrogens is 376 g/mol. The van der Waals surface area contributed by atoms with Gasteiger partial charge in [0.25, 0.3) is 0 Å². The van der Waals surface area contributed by atoms with Crippen molar-refractivity contribution in [3.63, 3.8) is 0 Å². The number of nitrogens with zero attached hydrogens (tertiary/aromatic N) is 3. The number of halogens is 1. The number of aromatic nitrogens is 2. The Balaban J connectivity index is 1.32. The number of benzene rings is 2. The minimum Gasteiger partial charge on any atom is -0.495 e. The summed E-state index contributed by atoms with van der Waals surface area (Å²) in [4.78, 5) is 14.7. The van der Waals surface area contributed by atoms with Gasteiger partial charge in [-0.05, 0) is 30.7 Å². The van der Waals surface area contributed by atoms with Crippen molar-refractivity contribution in [3.8, 4) is 5.75 Å². The maximum absolute atomic E-state index is 12.4. The van der Waals surface area contributed by atoms with E-state index in [4.69, 9.17) is 16.3 Å². The van der Waals surface area contributed by atoms with Crippen molar-refractivity contribution in [1.82, 2.24) is 14.7 Å². The molecular formula is C21H23ClN4O2. The van der Waals surface area contributed by atoms with Gasteiger partial charge >= 0.3 is 0 Å². The maximum Gasteiger partial charge on any atom is 0.225 e. The Morgan fingerprint density at radius 1 is 1.32 bits per heavy atom. The summed E-state index contributed by atoms with van der Waals surface area (Å²) in [6.45, 7) is 2.58. The number of amides is 1. The third-order valence-electron chi connectivity index (χ3n) is 5.19. The van der Waals surface area contributed by atoms with Crippen molar-refractivity contribution in [2.45, 2.75) is 18.9 Å². The van der Waals surface area contributed by atoms with E-state index in [1.807, 2.05) is 18.3 Å². The van der Waals surface area contributed by atoms with Crippen molar-refractivity contribution < 1.29 is 9.53 Å². The van der Waals surface area contributed by atoms with Crippen molar-refractivity contribution in [3.05, 3.63) is 53.7 Å². The smallest absolute Gasteiger partial charge is 0.225 e. The molecule has 1 atom stereocenters. The SMILES string of the molecule is COc1ccc(Cl)cc1NC(=O)CCN1CC[C@H](n2ncc3ccccc32)C1. The quantitative estimate of drug-likeness (QED) is 0.682. The summed E-state index contributed by atoms with van der Waals surface area (Å²) in [6, 6.07) is 13.8. The molecule has 146 valence electrons. The molecule has 1 aliphatic heterocycles. The predicted molar refractivity (Wildman–Crippen MR) is 111 cm³/mol. The van der Waals surface area contributed by atoms with Crippen LogP contribution in [-0.2, 0) is 4.79 Å². The fourth-order valence-corrected chi connectivity index (χ4v) is 3.92. The lowest BCUT2D eigenvalue weighted by Crippen LogP contribution is -2.26. The van der Waals surface area contributed by atoms with E-state index < -0.39 is 0 Å². The van der Waals surface area contributed by atoms with Crippen LogP contribution < -0.4 is 10.1 Å². The summed E-state index contributed by atoms with van der Waals surface area (Å²) in [6.07, 6.45) is 3.38. The molecule has 28 heavy (non-hydrogen) atoms. The van der Waals surface area contributed by atoms with Gasteiger partial charge in [0.1, 0.15) is 5.75 Å². The zero-order valence-electron chi connectivity index (χ0n) is 15.8. The summed E-state index contributed by atoms with van der Waals surface area (Å²) in [5, 5.41) is 9.19. The van der Waals surface area contributed by atoms with E-state index in [1.165, 1.54) is 5.52 Å². The Labute approximate surface area is 169 Å². The molecule has 6 nitrogen and oxygen atoms in total. The zero-order valence-corrected chi connectivity index (χ0v) is 16.5. The van der Waals surface area contributed by atoms with Gasteiger partial charge in [-0.25, -0.2) is 0 Å². The van der Waals surface area contributed by atoms with Crippen LogP contribution in [0.3, 0.4) is 0 Å². The summed E-state index contributed by atoms with van der Waals surface area (Å²) in [5.74, 6) is 0.554. The first-order valence-electron chi connectivity index (χ1n) is 9.42. The van der Waals surface area contributed by atoms with Crippen LogP contribution in [0, 0.1) is 0 Å². The van der Waals surface area contributed by atoms with Gasteiger partial charge in [-0.3, -0.25) is 9.48 Å². The molecule has 0 unspecified atom stereocenters. The first kappa shape index (κ1) is 18.8. The second-order valence-electron chi connectivity index (χ2n) is 7.03. The number of ether oxygens (including phenoxy) is 1. The third kappa shape index (κ3) is 3.98. The second kappa shape index (κ2) is 8.20. The van der Waals surface area contributed by atoms with Crippen LogP contribution in [0.1, 0.15) is 18.9 Å². The predicted octanol–water partition coefficient (Wildman–Crippen LogP) is 3.97. The normalized spacial score (nSPS) is 17.1. The number of rotatable bonds is 6. The summed E-state index contributed by atoms with van der Waals surface area (Å²) in [5.41, 5.74) is 1.77.